The molecule has 0 aliphatic carbocycles. The van der Waals surface area contributed by atoms with Crippen LogP contribution in [0.3, 0.4) is 0 Å². The smallest absolute Gasteiger partial charge is 0.258 e. The van der Waals surface area contributed by atoms with Gasteiger partial charge in [-0.05, 0) is 89.4 Å². The molecule has 0 spiro atoms. The lowest BCUT2D eigenvalue weighted by Crippen LogP contribution is -2.34. The second-order valence-corrected chi connectivity index (χ2v) is 11.1. The van der Waals surface area contributed by atoms with E-state index in [0.29, 0.717) is 53.0 Å². The Morgan fingerprint density at radius 1 is 1.10 bits per heavy atom. The van der Waals surface area contributed by atoms with Crippen molar-refractivity contribution in [2.24, 2.45) is 0 Å². The van der Waals surface area contributed by atoms with Crippen molar-refractivity contribution in [1.82, 2.24) is 24.3 Å². The second-order valence-electron chi connectivity index (χ2n) is 10.7. The summed E-state index contributed by atoms with van der Waals surface area (Å²) in [7, 11) is 0. The van der Waals surface area contributed by atoms with Gasteiger partial charge in [0, 0.05) is 36.6 Å². The Balaban J connectivity index is 1.52. The number of rotatable bonds is 8. The number of carbonyl (C=O) groups excluding carboxylic acids is 2. The lowest BCUT2D eigenvalue weighted by molar-refractivity contribution is -0.126. The van der Waals surface area contributed by atoms with Crippen molar-refractivity contribution >= 4 is 40.4 Å². The maximum Gasteiger partial charge on any atom is 0.258 e. The summed E-state index contributed by atoms with van der Waals surface area (Å²) in [5.74, 6) is 0.583. The molecule has 9 nitrogen and oxygen atoms in total. The van der Waals surface area contributed by atoms with Crippen LogP contribution in [-0.2, 0) is 4.79 Å². The highest BCUT2D eigenvalue weighted by Crippen LogP contribution is 2.38. The Labute approximate surface area is 240 Å². The highest BCUT2D eigenvalue weighted by molar-refractivity contribution is 6.36. The van der Waals surface area contributed by atoms with E-state index in [0.717, 1.165) is 50.3 Å². The Morgan fingerprint density at radius 3 is 2.55 bits per heavy atom. The van der Waals surface area contributed by atoms with Gasteiger partial charge < -0.3 is 14.2 Å². The first kappa shape index (κ1) is 28.1. The maximum absolute atomic E-state index is 13.4. The average Bonchev–Trinajstić information content (AvgIpc) is 3.50. The second kappa shape index (κ2) is 12.4. The highest BCUT2D eigenvalue weighted by atomic mass is 35.5. The minimum absolute atomic E-state index is 0.110. The van der Waals surface area contributed by atoms with E-state index in [1.807, 2.05) is 35.4 Å². The normalized spacial score (nSPS) is 18.1. The van der Waals surface area contributed by atoms with Crippen molar-refractivity contribution in [1.29, 1.82) is 0 Å². The third-order valence-electron chi connectivity index (χ3n) is 7.69. The molecule has 10 heteroatoms. The Morgan fingerprint density at radius 2 is 1.82 bits per heavy atom. The summed E-state index contributed by atoms with van der Waals surface area (Å²) in [5.41, 5.74) is 3.38. The van der Waals surface area contributed by atoms with Crippen LogP contribution in [0.4, 0.5) is 5.95 Å². The van der Waals surface area contributed by atoms with Crippen LogP contribution in [0.2, 0.25) is 5.02 Å². The number of benzene rings is 1. The summed E-state index contributed by atoms with van der Waals surface area (Å²) < 4.78 is 8.13. The van der Waals surface area contributed by atoms with Crippen molar-refractivity contribution in [2.75, 3.05) is 44.6 Å². The fraction of sp³-hybridized carbons (Fsp3) is 0.467. The van der Waals surface area contributed by atoms with Crippen molar-refractivity contribution in [3.05, 3.63) is 58.9 Å². The van der Waals surface area contributed by atoms with E-state index in [9.17, 15) is 9.59 Å². The molecule has 1 unspecified atom stereocenters. The Hall–Kier alpha value is -3.43. The van der Waals surface area contributed by atoms with Crippen molar-refractivity contribution in [3.8, 4) is 5.75 Å². The zero-order valence-corrected chi connectivity index (χ0v) is 24.0. The van der Waals surface area contributed by atoms with Crippen molar-refractivity contribution in [3.63, 3.8) is 0 Å². The predicted molar refractivity (Wildman–Crippen MR) is 157 cm³/mol. The molecule has 2 aliphatic heterocycles. The van der Waals surface area contributed by atoms with E-state index in [4.69, 9.17) is 21.3 Å². The molecule has 1 aromatic carbocycles. The van der Waals surface area contributed by atoms with Crippen LogP contribution in [0.25, 0.3) is 11.0 Å². The average molecular weight is 565 g/mol. The van der Waals surface area contributed by atoms with Gasteiger partial charge in [-0.2, -0.15) is 0 Å². The molecule has 1 N–H and O–H groups in total. The number of pyridine rings is 1. The zero-order valence-electron chi connectivity index (χ0n) is 23.3. The topological polar surface area (TPSA) is 92.6 Å². The molecule has 2 fully saturated rings. The van der Waals surface area contributed by atoms with Crippen LogP contribution < -0.4 is 10.1 Å². The summed E-state index contributed by atoms with van der Waals surface area (Å²) in [6.07, 6.45) is 6.42. The number of ether oxygens (including phenoxy) is 1. The van der Waals surface area contributed by atoms with E-state index >= 15 is 0 Å². The summed E-state index contributed by atoms with van der Waals surface area (Å²) >= 11 is 7.02. The van der Waals surface area contributed by atoms with Gasteiger partial charge in [0.15, 0.2) is 0 Å². The number of nitrogens with zero attached hydrogens (tertiary/aromatic N) is 5. The monoisotopic (exact) mass is 564 g/mol. The number of fused-ring (bicyclic) bond motifs is 1. The summed E-state index contributed by atoms with van der Waals surface area (Å²) in [6.45, 7) is 12.1. The molecule has 2 aliphatic rings. The number of halogens is 1. The maximum atomic E-state index is 13.4. The van der Waals surface area contributed by atoms with E-state index in [-0.39, 0.29) is 17.9 Å². The molecule has 212 valence electrons. The number of aromatic nitrogens is 3. The quantitative estimate of drug-likeness (QED) is 0.380. The first-order chi connectivity index (χ1) is 19.3. The van der Waals surface area contributed by atoms with Crippen LogP contribution in [-0.4, -0.2) is 75.5 Å². The van der Waals surface area contributed by atoms with Gasteiger partial charge in [0.25, 0.3) is 5.91 Å². The van der Waals surface area contributed by atoms with Gasteiger partial charge >= 0.3 is 0 Å². The molecular weight excluding hydrogens is 528 g/mol. The SMILES string of the molecule is C=CC(=O)N1CCCCC(n2c(NC(=O)c3cc(C)nc(C)c3)nc3ccc(OCCN4CCCC4)c(Cl)c32)C1. The molecule has 5 rings (SSSR count). The summed E-state index contributed by atoms with van der Waals surface area (Å²) in [4.78, 5) is 39.4. The molecule has 2 amide bonds. The van der Waals surface area contributed by atoms with Crippen LogP contribution in [0, 0.1) is 13.8 Å². The fourth-order valence-electron chi connectivity index (χ4n) is 5.77. The molecule has 2 aromatic heterocycles. The Kier molecular flexibility index (Phi) is 8.71. The largest absolute Gasteiger partial charge is 0.491 e. The van der Waals surface area contributed by atoms with Gasteiger partial charge in [-0.3, -0.25) is 24.8 Å². The number of anilines is 1. The zero-order chi connectivity index (χ0) is 28.2. The molecule has 1 atom stereocenters. The minimum atomic E-state index is -0.281. The van der Waals surface area contributed by atoms with Gasteiger partial charge in [0.1, 0.15) is 17.4 Å². The summed E-state index contributed by atoms with van der Waals surface area (Å²) in [6, 6.07) is 7.08. The minimum Gasteiger partial charge on any atom is -0.491 e. The number of aryl methyl sites for hydroxylation is 2. The molecule has 0 radical (unpaired) electrons. The lowest BCUT2D eigenvalue weighted by atomic mass is 10.1. The van der Waals surface area contributed by atoms with Crippen molar-refractivity contribution in [2.45, 2.75) is 52.0 Å². The fourth-order valence-corrected chi connectivity index (χ4v) is 6.08. The standard InChI is InChI=1S/C30H37ClN6O3/c1-4-26(38)36-14-6-5-9-23(19-36)37-28-24(10-11-25(27(28)31)40-16-15-35-12-7-8-13-35)33-30(37)34-29(39)22-17-20(2)32-21(3)18-22/h4,10-11,17-18,23H,1,5-9,12-16,19H2,2-3H3,(H,33,34,39). The number of carbonyl (C=O) groups is 2. The number of imidazole rings is 1. The number of nitrogens with one attached hydrogen (secondary N) is 1. The summed E-state index contributed by atoms with van der Waals surface area (Å²) in [5, 5.41) is 3.48. The molecular formula is C30H37ClN6O3. The molecule has 2 saturated heterocycles. The van der Waals surface area contributed by atoms with Crippen molar-refractivity contribution < 1.29 is 14.3 Å². The number of likely N-dealkylation sites (tertiary alicyclic amines) is 2. The van der Waals surface area contributed by atoms with Crippen LogP contribution in [0.1, 0.15) is 59.9 Å². The van der Waals surface area contributed by atoms with Gasteiger partial charge in [0.05, 0.1) is 17.1 Å². The molecule has 4 heterocycles. The van der Waals surface area contributed by atoms with E-state index < -0.39 is 0 Å². The van der Waals surface area contributed by atoms with E-state index in [1.165, 1.54) is 18.9 Å². The van der Waals surface area contributed by atoms with Crippen LogP contribution in [0.15, 0.2) is 36.9 Å². The van der Waals surface area contributed by atoms with Crippen LogP contribution in [0.5, 0.6) is 5.75 Å². The van der Waals surface area contributed by atoms with Crippen LogP contribution >= 0.6 is 11.6 Å². The number of amides is 2. The first-order valence-electron chi connectivity index (χ1n) is 14.1. The first-order valence-corrected chi connectivity index (χ1v) is 14.5. The van der Waals surface area contributed by atoms with Gasteiger partial charge in [0.2, 0.25) is 11.9 Å². The Bertz CT molecular complexity index is 1390. The predicted octanol–water partition coefficient (Wildman–Crippen LogP) is 5.17. The van der Waals surface area contributed by atoms with Gasteiger partial charge in [-0.15, -0.1) is 0 Å². The van der Waals surface area contributed by atoms with E-state index in [1.54, 1.807) is 12.1 Å². The lowest BCUT2D eigenvalue weighted by Gasteiger charge is -2.26. The van der Waals surface area contributed by atoms with Gasteiger partial charge in [-0.25, -0.2) is 4.98 Å². The molecule has 0 saturated carbocycles. The number of hydrogen-bond donors (Lipinski definition) is 1. The molecule has 3 aromatic rings. The highest BCUT2D eigenvalue weighted by Gasteiger charge is 2.28. The third kappa shape index (κ3) is 6.15. The number of hydrogen-bond acceptors (Lipinski definition) is 6. The molecule has 0 bridgehead atoms. The third-order valence-corrected chi connectivity index (χ3v) is 8.05. The van der Waals surface area contributed by atoms with E-state index in [2.05, 4.69) is 21.8 Å². The molecule has 40 heavy (non-hydrogen) atoms. The van der Waals surface area contributed by atoms with Gasteiger partial charge in [-0.1, -0.05) is 18.2 Å².